The van der Waals surface area contributed by atoms with Crippen LogP contribution < -0.4 is 26.1 Å². The molecule has 16 heteroatoms. The molecule has 0 aromatic heterocycles. The van der Waals surface area contributed by atoms with E-state index in [1.807, 2.05) is 49.6 Å². The normalized spacial score (nSPS) is 21.6. The van der Waals surface area contributed by atoms with Crippen LogP contribution in [0.3, 0.4) is 0 Å². The van der Waals surface area contributed by atoms with Crippen molar-refractivity contribution >= 4 is 22.2 Å². The first-order chi connectivity index (χ1) is 22.4. The lowest BCUT2D eigenvalue weighted by Gasteiger charge is -2.35. The zero-order valence-electron chi connectivity index (χ0n) is 26.3. The molecular formula is C31H42N4O11S. The van der Waals surface area contributed by atoms with Crippen molar-refractivity contribution in [3.05, 3.63) is 54.1 Å². The quantitative estimate of drug-likeness (QED) is 0.129. The third-order valence-corrected chi connectivity index (χ3v) is 10.2. The maximum absolute atomic E-state index is 14.2. The zero-order valence-corrected chi connectivity index (χ0v) is 27.1. The molecule has 5 N–H and O–H groups in total. The lowest BCUT2D eigenvalue weighted by atomic mass is 9.89. The summed E-state index contributed by atoms with van der Waals surface area (Å²) in [5, 5.41) is 14.5. The van der Waals surface area contributed by atoms with E-state index in [0.29, 0.717) is 18.8 Å². The van der Waals surface area contributed by atoms with E-state index in [1.165, 1.54) is 18.2 Å². The molecule has 47 heavy (non-hydrogen) atoms. The molecule has 3 aliphatic heterocycles. The van der Waals surface area contributed by atoms with Crippen LogP contribution in [-0.4, -0.2) is 94.3 Å². The van der Waals surface area contributed by atoms with Crippen molar-refractivity contribution in [3.8, 4) is 11.5 Å². The van der Waals surface area contributed by atoms with Crippen molar-refractivity contribution < 1.29 is 51.5 Å². The van der Waals surface area contributed by atoms with E-state index < -0.39 is 52.2 Å². The van der Waals surface area contributed by atoms with Crippen LogP contribution in [0.5, 0.6) is 11.5 Å². The number of hydrogen-bond acceptors (Lipinski definition) is 12. The van der Waals surface area contributed by atoms with E-state index in [4.69, 9.17) is 34.3 Å². The molecule has 3 aliphatic rings. The van der Waals surface area contributed by atoms with Crippen LogP contribution >= 0.6 is 0 Å². The summed E-state index contributed by atoms with van der Waals surface area (Å²) in [5.41, 5.74) is 1.96. The van der Waals surface area contributed by atoms with Crippen molar-refractivity contribution in [1.82, 2.24) is 15.0 Å². The molecule has 3 heterocycles. The van der Waals surface area contributed by atoms with Gasteiger partial charge in [0.2, 0.25) is 16.8 Å². The van der Waals surface area contributed by atoms with E-state index in [-0.39, 0.29) is 62.5 Å². The Morgan fingerprint density at radius 1 is 1.11 bits per heavy atom. The predicted molar refractivity (Wildman–Crippen MR) is 166 cm³/mol. The molecule has 0 bridgehead atoms. The van der Waals surface area contributed by atoms with Crippen molar-refractivity contribution in [2.75, 3.05) is 39.7 Å². The van der Waals surface area contributed by atoms with Crippen LogP contribution in [0.15, 0.2) is 53.4 Å². The Labute approximate surface area is 273 Å². The Morgan fingerprint density at radius 2 is 1.87 bits per heavy atom. The van der Waals surface area contributed by atoms with Crippen LogP contribution in [0.2, 0.25) is 0 Å². The minimum atomic E-state index is -4.24. The van der Waals surface area contributed by atoms with Crippen molar-refractivity contribution in [3.63, 3.8) is 0 Å². The van der Waals surface area contributed by atoms with Gasteiger partial charge in [0.25, 0.3) is 0 Å². The highest BCUT2D eigenvalue weighted by molar-refractivity contribution is 7.89. The highest BCUT2D eigenvalue weighted by Crippen LogP contribution is 2.36. The van der Waals surface area contributed by atoms with Gasteiger partial charge in [0.15, 0.2) is 17.8 Å². The van der Waals surface area contributed by atoms with E-state index >= 15 is 0 Å². The molecule has 0 spiro atoms. The molecular weight excluding hydrogens is 636 g/mol. The lowest BCUT2D eigenvalue weighted by molar-refractivity contribution is -0.0907. The topological polar surface area (TPSA) is 197 Å². The number of aliphatic hydroxyl groups is 1. The van der Waals surface area contributed by atoms with Gasteiger partial charge in [-0.1, -0.05) is 44.2 Å². The number of nitrogens with one attached hydrogen (secondary N) is 2. The maximum Gasteiger partial charge on any atom is 0.421 e. The second-order valence-corrected chi connectivity index (χ2v) is 14.4. The molecule has 0 aliphatic carbocycles. The average molecular weight is 679 g/mol. The average Bonchev–Trinajstić information content (AvgIpc) is 3.79. The van der Waals surface area contributed by atoms with E-state index in [1.54, 1.807) is 0 Å². The van der Waals surface area contributed by atoms with Gasteiger partial charge in [-0.2, -0.15) is 4.31 Å². The highest BCUT2D eigenvalue weighted by Gasteiger charge is 2.44. The monoisotopic (exact) mass is 678 g/mol. The molecule has 2 aromatic rings. The minimum absolute atomic E-state index is 0.0295. The van der Waals surface area contributed by atoms with Gasteiger partial charge >= 0.3 is 12.2 Å². The SMILES string of the molecule is CC(C)(CCOC(=O)NN)CN(C[C@@H](O)[C@H](Cc1ccccc1)NC(=O)O[C@H]1CO[C@H]2OCC[C@H]21)S(=O)(=O)c1ccc2c(c1)OCO2. The van der Waals surface area contributed by atoms with Gasteiger partial charge in [-0.25, -0.2) is 23.8 Å². The summed E-state index contributed by atoms with van der Waals surface area (Å²) >= 11 is 0. The molecule has 5 rings (SSSR count). The number of amides is 2. The summed E-state index contributed by atoms with van der Waals surface area (Å²) in [5.74, 6) is 5.71. The van der Waals surface area contributed by atoms with Crippen LogP contribution in [0.1, 0.15) is 32.3 Å². The zero-order chi connectivity index (χ0) is 33.6. The summed E-state index contributed by atoms with van der Waals surface area (Å²) in [6.45, 7) is 3.82. The van der Waals surface area contributed by atoms with Crippen LogP contribution in [-0.2, 0) is 35.4 Å². The Hall–Kier alpha value is -3.67. The van der Waals surface area contributed by atoms with Gasteiger partial charge in [-0.05, 0) is 42.4 Å². The number of aliphatic hydroxyl groups excluding tert-OH is 1. The summed E-state index contributed by atoms with van der Waals surface area (Å²) in [6.07, 6.45) is -2.70. The first-order valence-corrected chi connectivity index (χ1v) is 16.8. The Morgan fingerprint density at radius 3 is 2.64 bits per heavy atom. The van der Waals surface area contributed by atoms with Crippen molar-refractivity contribution in [1.29, 1.82) is 0 Å². The van der Waals surface area contributed by atoms with Gasteiger partial charge in [-0.15, -0.1) is 0 Å². The number of nitrogens with zero attached hydrogens (tertiary/aromatic N) is 1. The fourth-order valence-corrected chi connectivity index (χ4v) is 7.47. The highest BCUT2D eigenvalue weighted by atomic mass is 32.2. The second-order valence-electron chi connectivity index (χ2n) is 12.5. The number of fused-ring (bicyclic) bond motifs is 2. The lowest BCUT2D eigenvalue weighted by Crippen LogP contribution is -2.52. The number of alkyl carbamates (subject to hydrolysis) is 1. The standard InChI is InChI=1S/C31H42N4O11S/c1-31(2,11-13-42-30(38)34-32)18-35(47(39,40)21-8-9-25-26(15-21)45-19-44-25)16-24(36)23(14-20-6-4-3-5-7-20)33-29(37)46-27-17-43-28-22(27)10-12-41-28/h3-9,15,22-24,27-28,36H,10-14,16-19,32H2,1-2H3,(H,33,37)(H,34,38)/t22-,23-,24+,27-,28+/m0/s1. The molecule has 0 radical (unpaired) electrons. The number of rotatable bonds is 14. The van der Waals surface area contributed by atoms with E-state index in [9.17, 15) is 23.1 Å². The molecule has 0 saturated carbocycles. The van der Waals surface area contributed by atoms with Gasteiger partial charge in [0.1, 0.15) is 6.10 Å². The predicted octanol–water partition coefficient (Wildman–Crippen LogP) is 1.88. The summed E-state index contributed by atoms with van der Waals surface area (Å²) in [4.78, 5) is 24.6. The smallest absolute Gasteiger partial charge is 0.421 e. The fourth-order valence-electron chi connectivity index (χ4n) is 5.81. The summed E-state index contributed by atoms with van der Waals surface area (Å²) in [7, 11) is -4.24. The molecule has 2 fully saturated rings. The first kappa shape index (κ1) is 34.7. The number of carbonyl (C=O) groups excluding carboxylic acids is 2. The van der Waals surface area contributed by atoms with Crippen molar-refractivity contribution in [2.45, 2.75) is 62.5 Å². The van der Waals surface area contributed by atoms with Crippen LogP contribution in [0.25, 0.3) is 0 Å². The van der Waals surface area contributed by atoms with Crippen LogP contribution in [0, 0.1) is 11.3 Å². The van der Waals surface area contributed by atoms with E-state index in [0.717, 1.165) is 9.87 Å². The maximum atomic E-state index is 14.2. The molecule has 2 aromatic carbocycles. The minimum Gasteiger partial charge on any atom is -0.454 e. The summed E-state index contributed by atoms with van der Waals surface area (Å²) < 4.78 is 62.1. The molecule has 258 valence electrons. The molecule has 2 saturated heterocycles. The van der Waals surface area contributed by atoms with Gasteiger partial charge in [0.05, 0.1) is 42.8 Å². The van der Waals surface area contributed by atoms with Crippen LogP contribution in [0.4, 0.5) is 9.59 Å². The first-order valence-electron chi connectivity index (χ1n) is 15.4. The number of hydrazine groups is 1. The molecule has 15 nitrogen and oxygen atoms in total. The fraction of sp³-hybridized carbons (Fsp3) is 0.548. The largest absolute Gasteiger partial charge is 0.454 e. The van der Waals surface area contributed by atoms with E-state index in [2.05, 4.69) is 5.32 Å². The number of benzene rings is 2. The third-order valence-electron chi connectivity index (χ3n) is 8.42. The molecule has 0 unspecified atom stereocenters. The molecule has 5 atom stereocenters. The van der Waals surface area contributed by atoms with Gasteiger partial charge in [0, 0.05) is 19.2 Å². The summed E-state index contributed by atoms with van der Waals surface area (Å²) in [6, 6.07) is 12.6. The van der Waals surface area contributed by atoms with Gasteiger partial charge in [-0.3, -0.25) is 5.43 Å². The third kappa shape index (κ3) is 8.82. The Bertz CT molecular complexity index is 1490. The molecule has 2 amide bonds. The number of nitrogens with two attached hydrogens (primary N) is 1. The Kier molecular flexibility index (Phi) is 11.1. The van der Waals surface area contributed by atoms with Crippen molar-refractivity contribution in [2.24, 2.45) is 17.2 Å². The Balaban J connectivity index is 1.37. The van der Waals surface area contributed by atoms with Gasteiger partial charge < -0.3 is 38.8 Å². The second kappa shape index (κ2) is 15.0. The number of hydrogen-bond donors (Lipinski definition) is 4. The number of sulfonamides is 1. The number of carbonyl (C=O) groups is 2. The number of ether oxygens (including phenoxy) is 6.